The normalized spacial score (nSPS) is 10.6. The molecule has 0 amide bonds. The molecule has 110 valence electrons. The van der Waals surface area contributed by atoms with Gasteiger partial charge in [0.1, 0.15) is 17.4 Å². The standard InChI is InChI=1S/C17H16F2O2/c1-9-7-13(15(19)8-14(9)18)16(20)12-5-10(2)17(21-4)11(3)6-12/h5-8H,1-4H3. The minimum atomic E-state index is -0.853. The molecule has 0 spiro atoms. The first kappa shape index (κ1) is 15.2. The minimum Gasteiger partial charge on any atom is -0.496 e. The molecule has 2 aromatic rings. The molecular weight excluding hydrogens is 274 g/mol. The molecule has 2 aromatic carbocycles. The lowest BCUT2D eigenvalue weighted by Crippen LogP contribution is -2.07. The molecule has 0 heterocycles. The van der Waals surface area contributed by atoms with Gasteiger partial charge in [-0.25, -0.2) is 8.78 Å². The number of hydrogen-bond acceptors (Lipinski definition) is 2. The van der Waals surface area contributed by atoms with Crippen molar-refractivity contribution >= 4 is 5.78 Å². The number of benzene rings is 2. The van der Waals surface area contributed by atoms with Crippen molar-refractivity contribution < 1.29 is 18.3 Å². The Morgan fingerprint density at radius 3 is 2.00 bits per heavy atom. The third-order valence-corrected chi connectivity index (χ3v) is 3.42. The van der Waals surface area contributed by atoms with Gasteiger partial charge in [-0.3, -0.25) is 4.79 Å². The van der Waals surface area contributed by atoms with Gasteiger partial charge in [0.15, 0.2) is 5.78 Å². The number of hydrogen-bond donors (Lipinski definition) is 0. The van der Waals surface area contributed by atoms with E-state index >= 15 is 0 Å². The Kier molecular flexibility index (Phi) is 4.07. The monoisotopic (exact) mass is 290 g/mol. The zero-order valence-electron chi connectivity index (χ0n) is 12.4. The number of halogens is 2. The molecule has 2 nitrogen and oxygen atoms in total. The highest BCUT2D eigenvalue weighted by Crippen LogP contribution is 2.26. The quantitative estimate of drug-likeness (QED) is 0.794. The molecule has 0 aromatic heterocycles. The molecule has 0 unspecified atom stereocenters. The predicted octanol–water partition coefficient (Wildman–Crippen LogP) is 4.13. The molecule has 4 heteroatoms. The summed E-state index contributed by atoms with van der Waals surface area (Å²) in [7, 11) is 1.56. The first-order valence-electron chi connectivity index (χ1n) is 6.50. The van der Waals surface area contributed by atoms with Crippen LogP contribution >= 0.6 is 0 Å². The van der Waals surface area contributed by atoms with Gasteiger partial charge in [0.2, 0.25) is 0 Å². The first-order valence-corrected chi connectivity index (χ1v) is 6.50. The van der Waals surface area contributed by atoms with Crippen LogP contribution in [0.4, 0.5) is 8.78 Å². The highest BCUT2D eigenvalue weighted by atomic mass is 19.1. The third kappa shape index (κ3) is 2.79. The van der Waals surface area contributed by atoms with E-state index in [0.29, 0.717) is 11.3 Å². The maximum absolute atomic E-state index is 13.8. The van der Waals surface area contributed by atoms with Crippen LogP contribution in [0.5, 0.6) is 5.75 Å². The van der Waals surface area contributed by atoms with Crippen LogP contribution in [0.2, 0.25) is 0 Å². The molecule has 0 aliphatic heterocycles. The van der Waals surface area contributed by atoms with E-state index in [0.717, 1.165) is 17.2 Å². The first-order chi connectivity index (χ1) is 9.85. The molecule has 0 aliphatic carbocycles. The molecule has 0 fully saturated rings. The van der Waals surface area contributed by atoms with Crippen LogP contribution in [0, 0.1) is 32.4 Å². The van der Waals surface area contributed by atoms with Gasteiger partial charge in [-0.15, -0.1) is 0 Å². The van der Waals surface area contributed by atoms with Gasteiger partial charge >= 0.3 is 0 Å². The zero-order valence-corrected chi connectivity index (χ0v) is 12.4. The van der Waals surface area contributed by atoms with Gasteiger partial charge in [-0.05, 0) is 55.7 Å². The fourth-order valence-corrected chi connectivity index (χ4v) is 2.39. The summed E-state index contributed by atoms with van der Waals surface area (Å²) in [5.74, 6) is -1.29. The Balaban J connectivity index is 2.53. The Labute approximate surface area is 122 Å². The van der Waals surface area contributed by atoms with Gasteiger partial charge < -0.3 is 4.74 Å². The van der Waals surface area contributed by atoms with E-state index in [1.807, 2.05) is 13.8 Å². The summed E-state index contributed by atoms with van der Waals surface area (Å²) in [5, 5.41) is 0. The molecule has 0 radical (unpaired) electrons. The summed E-state index contributed by atoms with van der Waals surface area (Å²) < 4.78 is 32.4. The molecule has 0 bridgehead atoms. The van der Waals surface area contributed by atoms with Crippen molar-refractivity contribution in [2.75, 3.05) is 7.11 Å². The summed E-state index contributed by atoms with van der Waals surface area (Å²) in [6.07, 6.45) is 0. The lowest BCUT2D eigenvalue weighted by atomic mass is 9.97. The van der Waals surface area contributed by atoms with E-state index in [-0.39, 0.29) is 11.1 Å². The molecular formula is C17H16F2O2. The summed E-state index contributed by atoms with van der Waals surface area (Å²) in [5.41, 5.74) is 2.05. The van der Waals surface area contributed by atoms with E-state index in [1.54, 1.807) is 19.2 Å². The molecule has 0 saturated heterocycles. The summed E-state index contributed by atoms with van der Waals surface area (Å²) in [4.78, 5) is 12.4. The maximum Gasteiger partial charge on any atom is 0.196 e. The average molecular weight is 290 g/mol. The van der Waals surface area contributed by atoms with Crippen LogP contribution in [-0.2, 0) is 0 Å². The van der Waals surface area contributed by atoms with Crippen LogP contribution in [-0.4, -0.2) is 12.9 Å². The van der Waals surface area contributed by atoms with E-state index in [4.69, 9.17) is 4.74 Å². The van der Waals surface area contributed by atoms with Crippen LogP contribution in [0.3, 0.4) is 0 Å². The van der Waals surface area contributed by atoms with E-state index < -0.39 is 17.4 Å². The zero-order chi connectivity index (χ0) is 15.7. The van der Waals surface area contributed by atoms with Gasteiger partial charge in [0.05, 0.1) is 12.7 Å². The largest absolute Gasteiger partial charge is 0.496 e. The van der Waals surface area contributed by atoms with Crippen LogP contribution in [0.15, 0.2) is 24.3 Å². The molecule has 0 aliphatic rings. The smallest absolute Gasteiger partial charge is 0.196 e. The number of carbonyl (C=O) groups excluding carboxylic acids is 1. The van der Waals surface area contributed by atoms with Gasteiger partial charge in [-0.1, -0.05) is 0 Å². The Bertz CT molecular complexity index is 698. The highest BCUT2D eigenvalue weighted by Gasteiger charge is 2.18. The lowest BCUT2D eigenvalue weighted by Gasteiger charge is -2.11. The van der Waals surface area contributed by atoms with Crippen molar-refractivity contribution in [1.82, 2.24) is 0 Å². The highest BCUT2D eigenvalue weighted by molar-refractivity contribution is 6.09. The van der Waals surface area contributed by atoms with E-state index in [2.05, 4.69) is 0 Å². The van der Waals surface area contributed by atoms with Gasteiger partial charge in [-0.2, -0.15) is 0 Å². The second-order valence-electron chi connectivity index (χ2n) is 5.05. The number of carbonyl (C=O) groups is 1. The topological polar surface area (TPSA) is 26.3 Å². The van der Waals surface area contributed by atoms with Crippen molar-refractivity contribution in [1.29, 1.82) is 0 Å². The minimum absolute atomic E-state index is 0.127. The van der Waals surface area contributed by atoms with Crippen molar-refractivity contribution in [3.05, 3.63) is 63.7 Å². The molecule has 0 atom stereocenters. The average Bonchev–Trinajstić information content (AvgIpc) is 2.41. The lowest BCUT2D eigenvalue weighted by molar-refractivity contribution is 0.103. The van der Waals surface area contributed by atoms with Gasteiger partial charge in [0, 0.05) is 11.6 Å². The van der Waals surface area contributed by atoms with E-state index in [1.165, 1.54) is 13.0 Å². The second kappa shape index (κ2) is 5.64. The number of ketones is 1. The molecule has 2 rings (SSSR count). The molecule has 0 saturated carbocycles. The van der Waals surface area contributed by atoms with Crippen LogP contribution in [0.1, 0.15) is 32.6 Å². The third-order valence-electron chi connectivity index (χ3n) is 3.42. The predicted molar refractivity (Wildman–Crippen MR) is 77.0 cm³/mol. The Hall–Kier alpha value is -2.23. The SMILES string of the molecule is COc1c(C)cc(C(=O)c2cc(C)c(F)cc2F)cc1C. The van der Waals surface area contributed by atoms with Crippen molar-refractivity contribution in [2.24, 2.45) is 0 Å². The number of ether oxygens (including phenoxy) is 1. The summed E-state index contributed by atoms with van der Waals surface area (Å²) in [6.45, 7) is 5.12. The number of aryl methyl sites for hydroxylation is 3. The van der Waals surface area contributed by atoms with Crippen molar-refractivity contribution in [2.45, 2.75) is 20.8 Å². The fraction of sp³-hybridized carbons (Fsp3) is 0.235. The molecule has 0 N–H and O–H groups in total. The number of rotatable bonds is 3. The van der Waals surface area contributed by atoms with Crippen molar-refractivity contribution in [3.63, 3.8) is 0 Å². The Morgan fingerprint density at radius 1 is 0.905 bits per heavy atom. The summed E-state index contributed by atoms with van der Waals surface area (Å²) in [6, 6.07) is 5.27. The summed E-state index contributed by atoms with van der Waals surface area (Å²) >= 11 is 0. The van der Waals surface area contributed by atoms with E-state index in [9.17, 15) is 13.6 Å². The number of methoxy groups -OCH3 is 1. The van der Waals surface area contributed by atoms with Crippen LogP contribution < -0.4 is 4.74 Å². The maximum atomic E-state index is 13.8. The molecule has 21 heavy (non-hydrogen) atoms. The fourth-order valence-electron chi connectivity index (χ4n) is 2.39. The van der Waals surface area contributed by atoms with Gasteiger partial charge in [0.25, 0.3) is 0 Å². The van der Waals surface area contributed by atoms with Crippen LogP contribution in [0.25, 0.3) is 0 Å². The van der Waals surface area contributed by atoms with Crippen molar-refractivity contribution in [3.8, 4) is 5.75 Å². The second-order valence-corrected chi connectivity index (χ2v) is 5.05. The Morgan fingerprint density at radius 2 is 1.48 bits per heavy atom.